The van der Waals surface area contributed by atoms with E-state index in [4.69, 9.17) is 0 Å². The number of nitrogens with one attached hydrogen (secondary N) is 2. The Bertz CT molecular complexity index is 472. The number of hydrogen-bond acceptors (Lipinski definition) is 2. The molecular formula is C14H21N3S. The molecule has 0 aromatic heterocycles. The van der Waals surface area contributed by atoms with Gasteiger partial charge >= 0.3 is 0 Å². The first-order valence-corrected chi connectivity index (χ1v) is 7.10. The van der Waals surface area contributed by atoms with Crippen molar-refractivity contribution in [3.05, 3.63) is 23.8 Å². The van der Waals surface area contributed by atoms with Crippen LogP contribution < -0.4 is 10.0 Å². The van der Waals surface area contributed by atoms with E-state index < -0.39 is 0 Å². The Balaban J connectivity index is 2.26. The highest BCUT2D eigenvalue weighted by atomic mass is 32.2. The van der Waals surface area contributed by atoms with Crippen LogP contribution in [0.1, 0.15) is 40.2 Å². The summed E-state index contributed by atoms with van der Waals surface area (Å²) in [5.41, 5.74) is 2.66. The third kappa shape index (κ3) is 2.99. The number of benzene rings is 1. The fourth-order valence-electron chi connectivity index (χ4n) is 1.75. The average molecular weight is 263 g/mol. The molecule has 2 rings (SSSR count). The van der Waals surface area contributed by atoms with Crippen molar-refractivity contribution < 1.29 is 0 Å². The largest absolute Gasteiger partial charge is 0.325 e. The Labute approximate surface area is 114 Å². The highest BCUT2D eigenvalue weighted by molar-refractivity contribution is 7.98. The molecule has 0 amide bonds. The van der Waals surface area contributed by atoms with Crippen LogP contribution in [0.4, 0.5) is 5.69 Å². The summed E-state index contributed by atoms with van der Waals surface area (Å²) in [5, 5.41) is 3.33. The van der Waals surface area contributed by atoms with Crippen LogP contribution in [0, 0.1) is 0 Å². The van der Waals surface area contributed by atoms with Gasteiger partial charge in [0.2, 0.25) is 5.96 Å². The molecule has 0 fully saturated rings. The molecular weight excluding hydrogens is 242 g/mol. The highest BCUT2D eigenvalue weighted by Crippen LogP contribution is 2.33. The Morgan fingerprint density at radius 2 is 1.94 bits per heavy atom. The molecule has 0 aliphatic carbocycles. The Morgan fingerprint density at radius 3 is 2.56 bits per heavy atom. The van der Waals surface area contributed by atoms with Gasteiger partial charge in [-0.15, -0.1) is 0 Å². The van der Waals surface area contributed by atoms with Crippen molar-refractivity contribution in [3.8, 4) is 0 Å². The van der Waals surface area contributed by atoms with Crippen molar-refractivity contribution in [2.24, 2.45) is 4.99 Å². The molecule has 98 valence electrons. The van der Waals surface area contributed by atoms with Gasteiger partial charge in [0.15, 0.2) is 0 Å². The molecule has 18 heavy (non-hydrogen) atoms. The maximum Gasteiger partial charge on any atom is 0.206 e. The molecule has 0 radical (unpaired) electrons. The third-order valence-electron chi connectivity index (χ3n) is 2.75. The normalized spacial score (nSPS) is 17.3. The number of guanidine groups is 1. The number of anilines is 1. The predicted molar refractivity (Wildman–Crippen MR) is 80.3 cm³/mol. The van der Waals surface area contributed by atoms with Gasteiger partial charge in [0, 0.05) is 6.04 Å². The zero-order chi connectivity index (χ0) is 13.3. The van der Waals surface area contributed by atoms with Gasteiger partial charge in [-0.05, 0) is 48.9 Å². The van der Waals surface area contributed by atoms with Gasteiger partial charge in [0.25, 0.3) is 0 Å². The molecule has 3 nitrogen and oxygen atoms in total. The summed E-state index contributed by atoms with van der Waals surface area (Å²) in [4.78, 5) is 5.71. The van der Waals surface area contributed by atoms with Crippen molar-refractivity contribution >= 4 is 23.6 Å². The van der Waals surface area contributed by atoms with E-state index in [-0.39, 0.29) is 11.5 Å². The van der Waals surface area contributed by atoms with Crippen molar-refractivity contribution in [1.29, 1.82) is 0 Å². The second-order valence-corrected chi connectivity index (χ2v) is 6.71. The summed E-state index contributed by atoms with van der Waals surface area (Å²) in [5.74, 6) is 0.839. The van der Waals surface area contributed by atoms with Crippen LogP contribution in [0.25, 0.3) is 0 Å². The van der Waals surface area contributed by atoms with Gasteiger partial charge in [-0.1, -0.05) is 26.8 Å². The van der Waals surface area contributed by atoms with Crippen LogP contribution in [0.15, 0.2) is 28.1 Å². The monoisotopic (exact) mass is 263 g/mol. The first kappa shape index (κ1) is 13.3. The SMILES string of the molecule is CC(C)N=C1NSc2cc(C(C)(C)C)ccc2N1. The van der Waals surface area contributed by atoms with Gasteiger partial charge < -0.3 is 5.32 Å². The van der Waals surface area contributed by atoms with Crippen molar-refractivity contribution in [3.63, 3.8) is 0 Å². The minimum absolute atomic E-state index is 0.182. The summed E-state index contributed by atoms with van der Waals surface area (Å²) in [6, 6.07) is 6.85. The lowest BCUT2D eigenvalue weighted by molar-refractivity contribution is 0.589. The lowest BCUT2D eigenvalue weighted by Gasteiger charge is -2.25. The second kappa shape index (κ2) is 4.84. The van der Waals surface area contributed by atoms with Crippen molar-refractivity contribution in [2.45, 2.75) is 51.0 Å². The Morgan fingerprint density at radius 1 is 1.22 bits per heavy atom. The van der Waals surface area contributed by atoms with E-state index in [0.717, 1.165) is 11.6 Å². The van der Waals surface area contributed by atoms with Crippen LogP contribution in [0.2, 0.25) is 0 Å². The van der Waals surface area contributed by atoms with Gasteiger partial charge in [-0.3, -0.25) is 4.72 Å². The lowest BCUT2D eigenvalue weighted by Crippen LogP contribution is -2.30. The number of rotatable bonds is 1. The first-order valence-electron chi connectivity index (χ1n) is 6.28. The number of nitrogens with zero attached hydrogens (tertiary/aromatic N) is 1. The predicted octanol–water partition coefficient (Wildman–Crippen LogP) is 3.77. The minimum atomic E-state index is 0.182. The fourth-order valence-corrected chi connectivity index (χ4v) is 2.48. The highest BCUT2D eigenvalue weighted by Gasteiger charge is 2.19. The quantitative estimate of drug-likeness (QED) is 0.757. The molecule has 0 unspecified atom stereocenters. The molecule has 1 aliphatic rings. The minimum Gasteiger partial charge on any atom is -0.325 e. The van der Waals surface area contributed by atoms with Gasteiger partial charge in [0.05, 0.1) is 10.6 Å². The molecule has 0 saturated carbocycles. The van der Waals surface area contributed by atoms with E-state index in [2.05, 4.69) is 67.8 Å². The van der Waals surface area contributed by atoms with E-state index in [1.54, 1.807) is 11.9 Å². The van der Waals surface area contributed by atoms with Gasteiger partial charge in [-0.2, -0.15) is 0 Å². The first-order chi connectivity index (χ1) is 8.36. The standard InChI is InChI=1S/C14H21N3S/c1-9(2)15-13-16-11-7-6-10(14(3,4)5)8-12(11)18-17-13/h6-9H,1-5H3,(H2,15,16,17). The van der Waals surface area contributed by atoms with E-state index in [0.29, 0.717) is 0 Å². The number of fused-ring (bicyclic) bond motifs is 1. The number of aliphatic imine (C=N–C) groups is 1. The van der Waals surface area contributed by atoms with Crippen LogP contribution in [-0.4, -0.2) is 12.0 Å². The maximum atomic E-state index is 4.48. The van der Waals surface area contributed by atoms with Crippen LogP contribution in [-0.2, 0) is 5.41 Å². The van der Waals surface area contributed by atoms with Crippen molar-refractivity contribution in [2.75, 3.05) is 5.32 Å². The van der Waals surface area contributed by atoms with Gasteiger partial charge in [0.1, 0.15) is 0 Å². The molecule has 0 bridgehead atoms. The van der Waals surface area contributed by atoms with Crippen LogP contribution in [0.3, 0.4) is 0 Å². The molecule has 1 aromatic rings. The summed E-state index contributed by atoms with van der Waals surface area (Å²) in [6.07, 6.45) is 0. The molecule has 4 heteroatoms. The summed E-state index contributed by atoms with van der Waals surface area (Å²) < 4.78 is 3.24. The molecule has 0 saturated heterocycles. The lowest BCUT2D eigenvalue weighted by atomic mass is 9.87. The molecule has 2 N–H and O–H groups in total. The maximum absolute atomic E-state index is 4.48. The summed E-state index contributed by atoms with van der Waals surface area (Å²) in [7, 11) is 0. The van der Waals surface area contributed by atoms with Crippen LogP contribution in [0.5, 0.6) is 0 Å². The van der Waals surface area contributed by atoms with Crippen LogP contribution >= 0.6 is 11.9 Å². The molecule has 1 aliphatic heterocycles. The molecule has 1 aromatic carbocycles. The fraction of sp³-hybridized carbons (Fsp3) is 0.500. The number of hydrogen-bond donors (Lipinski definition) is 2. The second-order valence-electron chi connectivity index (χ2n) is 5.86. The van der Waals surface area contributed by atoms with E-state index in [9.17, 15) is 0 Å². The molecule has 0 spiro atoms. The molecule has 0 atom stereocenters. The van der Waals surface area contributed by atoms with E-state index >= 15 is 0 Å². The summed E-state index contributed by atoms with van der Waals surface area (Å²) >= 11 is 1.63. The topological polar surface area (TPSA) is 36.4 Å². The van der Waals surface area contributed by atoms with E-state index in [1.807, 2.05) is 0 Å². The zero-order valence-corrected chi connectivity index (χ0v) is 12.5. The summed E-state index contributed by atoms with van der Waals surface area (Å²) in [6.45, 7) is 10.8. The van der Waals surface area contributed by atoms with E-state index in [1.165, 1.54) is 10.5 Å². The average Bonchev–Trinajstić information content (AvgIpc) is 2.26. The Hall–Kier alpha value is -1.16. The van der Waals surface area contributed by atoms with Crippen molar-refractivity contribution in [1.82, 2.24) is 4.72 Å². The van der Waals surface area contributed by atoms with Gasteiger partial charge in [-0.25, -0.2) is 4.99 Å². The zero-order valence-electron chi connectivity index (χ0n) is 11.7. The third-order valence-corrected chi connectivity index (χ3v) is 3.60. The smallest absolute Gasteiger partial charge is 0.206 e. The molecule has 1 heterocycles. The Kier molecular flexibility index (Phi) is 3.57.